The summed E-state index contributed by atoms with van der Waals surface area (Å²) < 4.78 is 2.67. The molecular formula is C34H40N2S. The molecule has 2 nitrogen and oxygen atoms in total. The van der Waals surface area contributed by atoms with Crippen molar-refractivity contribution in [2.75, 3.05) is 13.1 Å². The Balaban J connectivity index is 0.000000747. The van der Waals surface area contributed by atoms with E-state index in [9.17, 15) is 0 Å². The van der Waals surface area contributed by atoms with Crippen molar-refractivity contribution in [3.05, 3.63) is 96.1 Å². The normalized spacial score (nSPS) is 11.0. The molecule has 0 aliphatic heterocycles. The van der Waals surface area contributed by atoms with Gasteiger partial charge in [0.15, 0.2) is 0 Å². The SMILES string of the molecule is CCCC.NCCCc1cccc(-c2ccc3sc4ccc(-c5cccc(CCCN)c5)cc4c3c2)c1. The van der Waals surface area contributed by atoms with E-state index in [0.29, 0.717) is 0 Å². The van der Waals surface area contributed by atoms with E-state index in [1.54, 1.807) is 0 Å². The maximum absolute atomic E-state index is 5.71. The van der Waals surface area contributed by atoms with Gasteiger partial charge in [0.25, 0.3) is 0 Å². The number of benzene rings is 4. The van der Waals surface area contributed by atoms with Gasteiger partial charge in [0.1, 0.15) is 0 Å². The Bertz CT molecular complexity index is 1330. The van der Waals surface area contributed by atoms with Gasteiger partial charge in [0.05, 0.1) is 0 Å². The highest BCUT2D eigenvalue weighted by Gasteiger charge is 2.10. The molecule has 4 N–H and O–H groups in total. The van der Waals surface area contributed by atoms with Crippen LogP contribution in [-0.2, 0) is 12.8 Å². The summed E-state index contributed by atoms with van der Waals surface area (Å²) in [6.45, 7) is 5.82. The van der Waals surface area contributed by atoms with E-state index in [1.165, 1.54) is 66.4 Å². The van der Waals surface area contributed by atoms with Crippen LogP contribution in [0.1, 0.15) is 50.7 Å². The van der Waals surface area contributed by atoms with E-state index >= 15 is 0 Å². The van der Waals surface area contributed by atoms with Crippen molar-refractivity contribution in [2.45, 2.75) is 52.4 Å². The number of thiophene rings is 1. The van der Waals surface area contributed by atoms with E-state index in [0.717, 1.165) is 38.8 Å². The predicted molar refractivity (Wildman–Crippen MR) is 166 cm³/mol. The minimum atomic E-state index is 0.731. The Hall–Kier alpha value is -2.98. The lowest BCUT2D eigenvalue weighted by atomic mass is 9.97. The number of hydrogen-bond donors (Lipinski definition) is 2. The van der Waals surface area contributed by atoms with Crippen LogP contribution in [0.4, 0.5) is 0 Å². The summed E-state index contributed by atoms with van der Waals surface area (Å²) in [5, 5.41) is 2.67. The van der Waals surface area contributed by atoms with Crippen LogP contribution in [-0.4, -0.2) is 13.1 Å². The number of rotatable bonds is 9. The smallest absolute Gasteiger partial charge is 0.0355 e. The number of hydrogen-bond acceptors (Lipinski definition) is 3. The van der Waals surface area contributed by atoms with Crippen molar-refractivity contribution in [1.29, 1.82) is 0 Å². The number of nitrogens with two attached hydrogens (primary N) is 2. The van der Waals surface area contributed by atoms with E-state index in [4.69, 9.17) is 11.5 Å². The zero-order valence-corrected chi connectivity index (χ0v) is 23.1. The van der Waals surface area contributed by atoms with Gasteiger partial charge in [-0.05, 0) is 96.4 Å². The second-order valence-corrected chi connectivity index (χ2v) is 10.8. The van der Waals surface area contributed by atoms with Crippen LogP contribution in [0.15, 0.2) is 84.9 Å². The standard InChI is InChI=1S/C30H30N2S.C4H10/c31-15-3-7-21-5-1-9-23(17-21)25-11-13-29-27(19-25)28-20-26(12-14-30(28)33-29)24-10-2-6-22(18-24)8-4-16-32;1-3-4-2/h1-2,5-6,9-14,17-20H,3-4,7-8,15-16,31-32H2;3-4H2,1-2H3. The lowest BCUT2D eigenvalue weighted by molar-refractivity contribution is 0.833. The van der Waals surface area contributed by atoms with Gasteiger partial charge in [-0.25, -0.2) is 0 Å². The lowest BCUT2D eigenvalue weighted by Gasteiger charge is -2.07. The van der Waals surface area contributed by atoms with Gasteiger partial charge in [-0.3, -0.25) is 0 Å². The van der Waals surface area contributed by atoms with Crippen LogP contribution in [0.2, 0.25) is 0 Å². The highest BCUT2D eigenvalue weighted by Crippen LogP contribution is 2.38. The Morgan fingerprint density at radius 1 is 0.541 bits per heavy atom. The first-order chi connectivity index (χ1) is 18.2. The van der Waals surface area contributed by atoms with Crippen LogP contribution in [0.5, 0.6) is 0 Å². The van der Waals surface area contributed by atoms with Crippen molar-refractivity contribution in [2.24, 2.45) is 11.5 Å². The molecule has 0 radical (unpaired) electrons. The largest absolute Gasteiger partial charge is 0.330 e. The van der Waals surface area contributed by atoms with Crippen molar-refractivity contribution in [3.63, 3.8) is 0 Å². The molecule has 3 heteroatoms. The molecule has 0 aliphatic carbocycles. The van der Waals surface area contributed by atoms with Gasteiger partial charge >= 0.3 is 0 Å². The molecule has 0 aliphatic rings. The molecule has 4 aromatic carbocycles. The molecule has 0 fully saturated rings. The van der Waals surface area contributed by atoms with Crippen molar-refractivity contribution in [3.8, 4) is 22.3 Å². The van der Waals surface area contributed by atoms with Crippen LogP contribution in [0.3, 0.4) is 0 Å². The molecule has 5 rings (SSSR count). The average molecular weight is 509 g/mol. The molecule has 192 valence electrons. The third-order valence-electron chi connectivity index (χ3n) is 6.83. The second-order valence-electron chi connectivity index (χ2n) is 9.71. The lowest BCUT2D eigenvalue weighted by Crippen LogP contribution is -2.00. The van der Waals surface area contributed by atoms with Crippen molar-refractivity contribution >= 4 is 31.5 Å². The van der Waals surface area contributed by atoms with Crippen molar-refractivity contribution < 1.29 is 0 Å². The molecule has 37 heavy (non-hydrogen) atoms. The maximum Gasteiger partial charge on any atom is 0.0355 e. The molecule has 0 atom stereocenters. The molecule has 1 heterocycles. The zero-order valence-electron chi connectivity index (χ0n) is 22.3. The third-order valence-corrected chi connectivity index (χ3v) is 7.98. The van der Waals surface area contributed by atoms with E-state index in [-0.39, 0.29) is 0 Å². The fourth-order valence-corrected chi connectivity index (χ4v) is 5.63. The molecule has 0 spiro atoms. The summed E-state index contributed by atoms with van der Waals surface area (Å²) in [6.07, 6.45) is 6.74. The summed E-state index contributed by atoms with van der Waals surface area (Å²) in [7, 11) is 0. The van der Waals surface area contributed by atoms with Gasteiger partial charge in [0.2, 0.25) is 0 Å². The number of unbranched alkanes of at least 4 members (excludes halogenated alkanes) is 1. The molecule has 5 aromatic rings. The Labute approximate surface area is 226 Å². The predicted octanol–water partition coefficient (Wildman–Crippen LogP) is 8.98. The first-order valence-corrected chi connectivity index (χ1v) is 14.5. The van der Waals surface area contributed by atoms with Crippen LogP contribution in [0.25, 0.3) is 42.4 Å². The fraction of sp³-hybridized carbons (Fsp3) is 0.294. The molecule has 0 unspecified atom stereocenters. The van der Waals surface area contributed by atoms with Gasteiger partial charge in [-0.1, -0.05) is 87.4 Å². The molecular weight excluding hydrogens is 468 g/mol. The molecule has 0 bridgehead atoms. The zero-order chi connectivity index (χ0) is 26.0. The Morgan fingerprint density at radius 2 is 0.973 bits per heavy atom. The summed E-state index contributed by atoms with van der Waals surface area (Å²) in [5.41, 5.74) is 19.2. The highest BCUT2D eigenvalue weighted by atomic mass is 32.1. The summed E-state index contributed by atoms with van der Waals surface area (Å²) in [5.74, 6) is 0. The van der Waals surface area contributed by atoms with E-state index in [1.807, 2.05) is 11.3 Å². The monoisotopic (exact) mass is 508 g/mol. The van der Waals surface area contributed by atoms with Gasteiger partial charge in [-0.15, -0.1) is 11.3 Å². The average Bonchev–Trinajstić information content (AvgIpc) is 3.32. The second kappa shape index (κ2) is 13.5. The topological polar surface area (TPSA) is 52.0 Å². The Kier molecular flexibility index (Phi) is 9.90. The van der Waals surface area contributed by atoms with Crippen LogP contribution < -0.4 is 11.5 Å². The first kappa shape index (κ1) is 27.1. The highest BCUT2D eigenvalue weighted by molar-refractivity contribution is 7.25. The maximum atomic E-state index is 5.71. The van der Waals surface area contributed by atoms with Gasteiger partial charge in [0, 0.05) is 20.2 Å². The number of aryl methyl sites for hydroxylation is 2. The molecule has 0 amide bonds. The van der Waals surface area contributed by atoms with Gasteiger partial charge < -0.3 is 11.5 Å². The van der Waals surface area contributed by atoms with Crippen molar-refractivity contribution in [1.82, 2.24) is 0 Å². The minimum absolute atomic E-state index is 0.731. The van der Waals surface area contributed by atoms with Crippen LogP contribution in [0, 0.1) is 0 Å². The molecule has 0 saturated carbocycles. The summed E-state index contributed by atoms with van der Waals surface area (Å²) >= 11 is 1.87. The minimum Gasteiger partial charge on any atom is -0.330 e. The quantitative estimate of drug-likeness (QED) is 0.209. The van der Waals surface area contributed by atoms with Gasteiger partial charge in [-0.2, -0.15) is 0 Å². The number of fused-ring (bicyclic) bond motifs is 3. The van der Waals surface area contributed by atoms with E-state index in [2.05, 4.69) is 98.8 Å². The first-order valence-electron chi connectivity index (χ1n) is 13.7. The fourth-order valence-electron chi connectivity index (χ4n) is 4.56. The molecule has 0 saturated heterocycles. The summed E-state index contributed by atoms with van der Waals surface area (Å²) in [4.78, 5) is 0. The molecule has 1 aromatic heterocycles. The Morgan fingerprint density at radius 3 is 1.38 bits per heavy atom. The third kappa shape index (κ3) is 6.87. The van der Waals surface area contributed by atoms with Crippen LogP contribution >= 0.6 is 11.3 Å². The summed E-state index contributed by atoms with van der Waals surface area (Å²) in [6, 6.07) is 31.5. The van der Waals surface area contributed by atoms with E-state index < -0.39 is 0 Å².